The molecule has 1 aromatic heterocycles. The molecule has 158 valence electrons. The lowest BCUT2D eigenvalue weighted by Gasteiger charge is -2.11. The third-order valence-corrected chi connectivity index (χ3v) is 4.52. The highest BCUT2D eigenvalue weighted by Crippen LogP contribution is 2.36. The van der Waals surface area contributed by atoms with E-state index in [9.17, 15) is 10.1 Å². The van der Waals surface area contributed by atoms with E-state index in [4.69, 9.17) is 9.47 Å². The molecule has 0 spiro atoms. The van der Waals surface area contributed by atoms with E-state index in [1.54, 1.807) is 13.2 Å². The molecule has 0 unspecified atom stereocenters. The number of nitrogens with zero attached hydrogens (tertiary/aromatic N) is 2. The molecule has 0 bridgehead atoms. The summed E-state index contributed by atoms with van der Waals surface area (Å²) < 4.78 is 12.5. The van der Waals surface area contributed by atoms with Gasteiger partial charge in [0.2, 0.25) is 0 Å². The van der Waals surface area contributed by atoms with Crippen LogP contribution in [0.1, 0.15) is 39.7 Å². The van der Waals surface area contributed by atoms with Crippen molar-refractivity contribution in [2.24, 2.45) is 0 Å². The molecular weight excluding hydrogens is 378 g/mol. The van der Waals surface area contributed by atoms with Gasteiger partial charge in [0.25, 0.3) is 0 Å². The fourth-order valence-electron chi connectivity index (χ4n) is 3.30. The number of nitrogens with one attached hydrogen (secondary N) is 1. The number of hydrogen-bond acceptors (Lipinski definition) is 4. The predicted molar refractivity (Wildman–Crippen MR) is 121 cm³/mol. The number of aromatic nitrogens is 1. The molecule has 0 radical (unpaired) electrons. The number of aryl methyl sites for hydroxylation is 1. The number of methoxy groups -OCH3 is 1. The molecular formula is C24H29N3O3. The zero-order valence-electron chi connectivity index (χ0n) is 18.3. The number of ether oxygens (including phenoxy) is 2. The summed E-state index contributed by atoms with van der Waals surface area (Å²) in [5, 5.41) is 13.5. The van der Waals surface area contributed by atoms with Gasteiger partial charge in [0, 0.05) is 23.2 Å². The van der Waals surface area contributed by atoms with Crippen LogP contribution in [0.2, 0.25) is 0 Å². The summed E-state index contributed by atoms with van der Waals surface area (Å²) in [7, 11) is 1.61. The molecule has 1 amide bonds. The standard InChI is InChI=1S/C22H23N3O3.C2H6/c1-4-11-28-22(26)24-16-8-6-7-15(12-16)21-19(14-23)18-13-17(27-3)9-10-20(18)25(21)5-2;1-2/h6-10,12-13H,4-5,11H2,1-3H3,(H,24,26);1-2H3. The first-order valence-corrected chi connectivity index (χ1v) is 10.3. The predicted octanol–water partition coefficient (Wildman–Crippen LogP) is 6.19. The number of benzene rings is 2. The van der Waals surface area contributed by atoms with Crippen molar-refractivity contribution in [1.29, 1.82) is 5.26 Å². The Morgan fingerprint density at radius 3 is 2.57 bits per heavy atom. The first-order valence-electron chi connectivity index (χ1n) is 10.3. The molecule has 2 aromatic carbocycles. The van der Waals surface area contributed by atoms with Crippen molar-refractivity contribution in [2.75, 3.05) is 19.0 Å². The fraction of sp³-hybridized carbons (Fsp3) is 0.333. The summed E-state index contributed by atoms with van der Waals surface area (Å²) in [4.78, 5) is 11.9. The Hall–Kier alpha value is -3.46. The normalized spacial score (nSPS) is 10.0. The van der Waals surface area contributed by atoms with Crippen LogP contribution in [0, 0.1) is 11.3 Å². The summed E-state index contributed by atoms with van der Waals surface area (Å²) in [5.41, 5.74) is 3.84. The van der Waals surface area contributed by atoms with Crippen molar-refractivity contribution < 1.29 is 14.3 Å². The average Bonchev–Trinajstić information content (AvgIpc) is 3.11. The van der Waals surface area contributed by atoms with Crippen LogP contribution in [0.5, 0.6) is 5.75 Å². The van der Waals surface area contributed by atoms with Crippen LogP contribution >= 0.6 is 0 Å². The van der Waals surface area contributed by atoms with Crippen molar-refractivity contribution >= 4 is 22.7 Å². The summed E-state index contributed by atoms with van der Waals surface area (Å²) in [5.74, 6) is 0.706. The van der Waals surface area contributed by atoms with Gasteiger partial charge in [-0.05, 0) is 43.7 Å². The van der Waals surface area contributed by atoms with Crippen LogP contribution in [0.4, 0.5) is 10.5 Å². The molecule has 0 saturated carbocycles. The molecule has 1 N–H and O–H groups in total. The highest BCUT2D eigenvalue weighted by Gasteiger charge is 2.19. The number of amides is 1. The van der Waals surface area contributed by atoms with Gasteiger partial charge in [0.15, 0.2) is 0 Å². The van der Waals surface area contributed by atoms with Crippen LogP contribution in [0.15, 0.2) is 42.5 Å². The zero-order valence-corrected chi connectivity index (χ0v) is 18.3. The largest absolute Gasteiger partial charge is 0.497 e. The average molecular weight is 408 g/mol. The second-order valence-corrected chi connectivity index (χ2v) is 6.30. The smallest absolute Gasteiger partial charge is 0.411 e. The van der Waals surface area contributed by atoms with Gasteiger partial charge in [-0.1, -0.05) is 32.9 Å². The van der Waals surface area contributed by atoms with Gasteiger partial charge in [0.05, 0.1) is 30.5 Å². The Morgan fingerprint density at radius 1 is 1.17 bits per heavy atom. The van der Waals surface area contributed by atoms with Gasteiger partial charge in [-0.2, -0.15) is 5.26 Å². The Bertz CT molecular complexity index is 1050. The van der Waals surface area contributed by atoms with Crippen molar-refractivity contribution in [2.45, 2.75) is 40.7 Å². The van der Waals surface area contributed by atoms with Crippen LogP contribution in [-0.2, 0) is 11.3 Å². The lowest BCUT2D eigenvalue weighted by molar-refractivity contribution is 0.161. The van der Waals surface area contributed by atoms with E-state index in [2.05, 4.69) is 16.0 Å². The monoisotopic (exact) mass is 407 g/mol. The molecule has 3 rings (SSSR count). The van der Waals surface area contributed by atoms with Gasteiger partial charge >= 0.3 is 6.09 Å². The molecule has 3 aromatic rings. The molecule has 30 heavy (non-hydrogen) atoms. The van der Waals surface area contributed by atoms with Gasteiger partial charge < -0.3 is 14.0 Å². The van der Waals surface area contributed by atoms with Crippen LogP contribution in [-0.4, -0.2) is 24.4 Å². The molecule has 6 heteroatoms. The fourth-order valence-corrected chi connectivity index (χ4v) is 3.30. The van der Waals surface area contributed by atoms with E-state index in [1.807, 2.05) is 64.1 Å². The molecule has 0 aliphatic heterocycles. The van der Waals surface area contributed by atoms with Crippen LogP contribution in [0.3, 0.4) is 0 Å². The van der Waals surface area contributed by atoms with Gasteiger partial charge in [0.1, 0.15) is 11.8 Å². The number of rotatable bonds is 6. The summed E-state index contributed by atoms with van der Waals surface area (Å²) in [6.07, 6.45) is 0.277. The second kappa shape index (κ2) is 10.9. The van der Waals surface area contributed by atoms with E-state index in [0.717, 1.165) is 28.6 Å². The highest BCUT2D eigenvalue weighted by molar-refractivity contribution is 5.96. The maximum absolute atomic E-state index is 11.9. The Morgan fingerprint density at radius 2 is 1.93 bits per heavy atom. The minimum atomic E-state index is -0.486. The molecule has 0 aliphatic rings. The topological polar surface area (TPSA) is 76.3 Å². The Labute approximate surface area is 178 Å². The number of carbonyl (C=O) groups is 1. The van der Waals surface area contributed by atoms with E-state index in [1.165, 1.54) is 0 Å². The van der Waals surface area contributed by atoms with E-state index in [0.29, 0.717) is 30.2 Å². The lowest BCUT2D eigenvalue weighted by Crippen LogP contribution is -2.14. The number of carbonyl (C=O) groups excluding carboxylic acids is 1. The van der Waals surface area contributed by atoms with Crippen LogP contribution in [0.25, 0.3) is 22.2 Å². The Kier molecular flexibility index (Phi) is 8.30. The van der Waals surface area contributed by atoms with Gasteiger partial charge in [-0.25, -0.2) is 4.79 Å². The maximum Gasteiger partial charge on any atom is 0.411 e. The Balaban J connectivity index is 0.00000155. The second-order valence-electron chi connectivity index (χ2n) is 6.30. The van der Waals surface area contributed by atoms with Gasteiger partial charge in [-0.3, -0.25) is 5.32 Å². The van der Waals surface area contributed by atoms with Gasteiger partial charge in [-0.15, -0.1) is 0 Å². The zero-order chi connectivity index (χ0) is 22.1. The SMILES string of the molecule is CC.CCCOC(=O)Nc1cccc(-c2c(C#N)c3cc(OC)ccc3n2CC)c1. The maximum atomic E-state index is 11.9. The lowest BCUT2D eigenvalue weighted by atomic mass is 10.1. The molecule has 0 atom stereocenters. The quantitative estimate of drug-likeness (QED) is 0.528. The number of anilines is 1. The molecule has 6 nitrogen and oxygen atoms in total. The van der Waals surface area contributed by atoms with Crippen molar-refractivity contribution in [3.63, 3.8) is 0 Å². The molecule has 0 fully saturated rings. The highest BCUT2D eigenvalue weighted by atomic mass is 16.5. The summed E-state index contributed by atoms with van der Waals surface area (Å²) >= 11 is 0. The minimum absolute atomic E-state index is 0.371. The van der Waals surface area contributed by atoms with Crippen molar-refractivity contribution in [1.82, 2.24) is 4.57 Å². The van der Waals surface area contributed by atoms with E-state index >= 15 is 0 Å². The summed E-state index contributed by atoms with van der Waals surface area (Å²) in [6.45, 7) is 9.06. The third-order valence-electron chi connectivity index (χ3n) is 4.52. The first-order chi connectivity index (χ1) is 14.6. The van der Waals surface area contributed by atoms with Crippen LogP contribution < -0.4 is 10.1 Å². The number of nitriles is 1. The minimum Gasteiger partial charge on any atom is -0.497 e. The number of fused-ring (bicyclic) bond motifs is 1. The van der Waals surface area contributed by atoms with E-state index in [-0.39, 0.29) is 0 Å². The molecule has 0 saturated heterocycles. The summed E-state index contributed by atoms with van der Waals surface area (Å²) in [6, 6.07) is 15.5. The first kappa shape index (κ1) is 22.8. The number of hydrogen-bond donors (Lipinski definition) is 1. The van der Waals surface area contributed by atoms with E-state index < -0.39 is 6.09 Å². The van der Waals surface area contributed by atoms with Crippen molar-refractivity contribution in [3.8, 4) is 23.1 Å². The molecule has 0 aliphatic carbocycles. The van der Waals surface area contributed by atoms with Crippen molar-refractivity contribution in [3.05, 3.63) is 48.0 Å². The molecule has 1 heterocycles. The third kappa shape index (κ3) is 4.74.